The first kappa shape index (κ1) is 15.3. The number of piperidine rings is 1. The average Bonchev–Trinajstić information content (AvgIpc) is 2.47. The van der Waals surface area contributed by atoms with Crippen LogP contribution in [0.15, 0.2) is 30.3 Å². The monoisotopic (exact) mass is 288 g/mol. The van der Waals surface area contributed by atoms with Gasteiger partial charge in [-0.3, -0.25) is 9.69 Å². The van der Waals surface area contributed by atoms with Gasteiger partial charge in [0.05, 0.1) is 0 Å². The van der Waals surface area contributed by atoms with Crippen molar-refractivity contribution in [2.45, 2.75) is 19.4 Å². The molecule has 1 heterocycles. The molecule has 21 heavy (non-hydrogen) atoms. The number of hydrogen-bond donors (Lipinski definition) is 2. The molecule has 0 aromatic heterocycles. The Morgan fingerprint density at radius 1 is 1.29 bits per heavy atom. The molecular formula is C16H20N2O3. The van der Waals surface area contributed by atoms with Crippen LogP contribution in [0.5, 0.6) is 0 Å². The Hall–Kier alpha value is -2.14. The predicted octanol–water partition coefficient (Wildman–Crippen LogP) is 1.48. The van der Waals surface area contributed by atoms with Crippen molar-refractivity contribution < 1.29 is 14.7 Å². The first-order chi connectivity index (χ1) is 10.1. The maximum Gasteiger partial charge on any atom is 0.328 e. The summed E-state index contributed by atoms with van der Waals surface area (Å²) >= 11 is 0. The van der Waals surface area contributed by atoms with Crippen molar-refractivity contribution >= 4 is 18.0 Å². The molecule has 2 rings (SSSR count). The van der Waals surface area contributed by atoms with Gasteiger partial charge in [-0.1, -0.05) is 24.3 Å². The van der Waals surface area contributed by atoms with Crippen LogP contribution in [-0.4, -0.2) is 35.0 Å². The van der Waals surface area contributed by atoms with E-state index in [1.165, 1.54) is 0 Å². The van der Waals surface area contributed by atoms with E-state index in [0.29, 0.717) is 0 Å². The Morgan fingerprint density at radius 3 is 2.57 bits per heavy atom. The second kappa shape index (κ2) is 7.04. The maximum absolute atomic E-state index is 11.2. The van der Waals surface area contributed by atoms with Crippen LogP contribution in [0.2, 0.25) is 0 Å². The first-order valence-corrected chi connectivity index (χ1v) is 7.07. The zero-order valence-electron chi connectivity index (χ0n) is 11.9. The Kier molecular flexibility index (Phi) is 5.11. The molecule has 0 spiro atoms. The van der Waals surface area contributed by atoms with E-state index in [4.69, 9.17) is 10.8 Å². The topological polar surface area (TPSA) is 83.6 Å². The van der Waals surface area contributed by atoms with Crippen LogP contribution in [-0.2, 0) is 16.1 Å². The van der Waals surface area contributed by atoms with Crippen LogP contribution in [0.1, 0.15) is 24.0 Å². The standard InChI is InChI=1S/C16H20N2O3/c17-16(21)13-7-9-18(10-8-13)11-14-4-2-1-3-12(14)5-6-15(19)20/h1-6,13H,7-11H2,(H2,17,21)(H,19,20). The molecule has 1 aliphatic rings. The van der Waals surface area contributed by atoms with E-state index < -0.39 is 5.97 Å². The smallest absolute Gasteiger partial charge is 0.328 e. The molecule has 0 radical (unpaired) electrons. The van der Waals surface area contributed by atoms with Gasteiger partial charge < -0.3 is 10.8 Å². The number of nitrogens with zero attached hydrogens (tertiary/aromatic N) is 1. The zero-order valence-corrected chi connectivity index (χ0v) is 11.9. The second-order valence-corrected chi connectivity index (χ2v) is 5.32. The highest BCUT2D eigenvalue weighted by Gasteiger charge is 2.23. The number of carboxylic acid groups (broad SMARTS) is 1. The summed E-state index contributed by atoms with van der Waals surface area (Å²) < 4.78 is 0. The number of rotatable bonds is 5. The fourth-order valence-electron chi connectivity index (χ4n) is 2.62. The summed E-state index contributed by atoms with van der Waals surface area (Å²) in [5, 5.41) is 8.73. The number of likely N-dealkylation sites (tertiary alicyclic amines) is 1. The van der Waals surface area contributed by atoms with Gasteiger partial charge >= 0.3 is 5.97 Å². The van der Waals surface area contributed by atoms with Crippen molar-refractivity contribution in [1.82, 2.24) is 4.90 Å². The minimum Gasteiger partial charge on any atom is -0.478 e. The van der Waals surface area contributed by atoms with Crippen molar-refractivity contribution in [2.75, 3.05) is 13.1 Å². The summed E-state index contributed by atoms with van der Waals surface area (Å²) in [6.07, 6.45) is 4.36. The van der Waals surface area contributed by atoms with Crippen LogP contribution >= 0.6 is 0 Å². The molecule has 0 bridgehead atoms. The molecular weight excluding hydrogens is 268 g/mol. The van der Waals surface area contributed by atoms with Gasteiger partial charge in [0.2, 0.25) is 5.91 Å². The minimum atomic E-state index is -0.952. The number of amides is 1. The van der Waals surface area contributed by atoms with Crippen molar-refractivity contribution in [3.05, 3.63) is 41.5 Å². The molecule has 1 aromatic rings. The first-order valence-electron chi connectivity index (χ1n) is 7.07. The summed E-state index contributed by atoms with van der Waals surface area (Å²) in [5.74, 6) is -1.17. The number of carboxylic acids is 1. The van der Waals surface area contributed by atoms with E-state index in [0.717, 1.165) is 49.7 Å². The molecule has 0 aliphatic carbocycles. The van der Waals surface area contributed by atoms with Gasteiger partial charge in [0.25, 0.3) is 0 Å². The minimum absolute atomic E-state index is 0.0107. The SMILES string of the molecule is NC(=O)C1CCN(Cc2ccccc2C=CC(=O)O)CC1. The van der Waals surface area contributed by atoms with Crippen LogP contribution in [0.25, 0.3) is 6.08 Å². The predicted molar refractivity (Wildman–Crippen MR) is 80.3 cm³/mol. The highest BCUT2D eigenvalue weighted by Crippen LogP contribution is 2.20. The maximum atomic E-state index is 11.2. The molecule has 5 heteroatoms. The summed E-state index contributed by atoms with van der Waals surface area (Å²) in [5.41, 5.74) is 7.34. The summed E-state index contributed by atoms with van der Waals surface area (Å²) in [6.45, 7) is 2.43. The third kappa shape index (κ3) is 4.43. The lowest BCUT2D eigenvalue weighted by Gasteiger charge is -2.30. The zero-order chi connectivity index (χ0) is 15.2. The molecule has 0 unspecified atom stereocenters. The van der Waals surface area contributed by atoms with E-state index in [2.05, 4.69) is 4.90 Å². The van der Waals surface area contributed by atoms with Crippen molar-refractivity contribution in [1.29, 1.82) is 0 Å². The fraction of sp³-hybridized carbons (Fsp3) is 0.375. The summed E-state index contributed by atoms with van der Waals surface area (Å²) in [4.78, 5) is 24.1. The van der Waals surface area contributed by atoms with Gasteiger partial charge in [-0.25, -0.2) is 4.79 Å². The molecule has 1 aromatic carbocycles. The van der Waals surface area contributed by atoms with Crippen LogP contribution < -0.4 is 5.73 Å². The number of carbonyl (C=O) groups excluding carboxylic acids is 1. The van der Waals surface area contributed by atoms with Crippen molar-refractivity contribution in [3.8, 4) is 0 Å². The molecule has 0 saturated carbocycles. The number of primary amides is 1. The lowest BCUT2D eigenvalue weighted by molar-refractivity contribution is -0.131. The normalized spacial score (nSPS) is 17.1. The lowest BCUT2D eigenvalue weighted by atomic mass is 9.95. The molecule has 3 N–H and O–H groups in total. The summed E-state index contributed by atoms with van der Waals surface area (Å²) in [6, 6.07) is 7.75. The highest BCUT2D eigenvalue weighted by molar-refractivity contribution is 5.85. The third-order valence-electron chi connectivity index (χ3n) is 3.84. The number of nitrogens with two attached hydrogens (primary N) is 1. The largest absolute Gasteiger partial charge is 0.478 e. The number of benzene rings is 1. The molecule has 1 fully saturated rings. The molecule has 0 atom stereocenters. The van der Waals surface area contributed by atoms with E-state index in [1.807, 2.05) is 24.3 Å². The Morgan fingerprint density at radius 2 is 1.95 bits per heavy atom. The summed E-state index contributed by atoms with van der Waals surface area (Å²) in [7, 11) is 0. The lowest BCUT2D eigenvalue weighted by Crippen LogP contribution is -2.38. The van der Waals surface area contributed by atoms with Crippen LogP contribution in [0, 0.1) is 5.92 Å². The second-order valence-electron chi connectivity index (χ2n) is 5.32. The average molecular weight is 288 g/mol. The van der Waals surface area contributed by atoms with Gasteiger partial charge in [-0.15, -0.1) is 0 Å². The Bertz CT molecular complexity index is 546. The quantitative estimate of drug-likeness (QED) is 0.804. The van der Waals surface area contributed by atoms with Crippen LogP contribution in [0.3, 0.4) is 0 Å². The van der Waals surface area contributed by atoms with Gasteiger partial charge in [0.15, 0.2) is 0 Å². The number of hydrogen-bond acceptors (Lipinski definition) is 3. The third-order valence-corrected chi connectivity index (χ3v) is 3.84. The Labute approximate surface area is 124 Å². The van der Waals surface area contributed by atoms with E-state index in [-0.39, 0.29) is 11.8 Å². The molecule has 112 valence electrons. The molecule has 5 nitrogen and oxygen atoms in total. The van der Waals surface area contributed by atoms with E-state index in [1.54, 1.807) is 6.08 Å². The fourth-order valence-corrected chi connectivity index (χ4v) is 2.62. The van der Waals surface area contributed by atoms with Gasteiger partial charge in [0, 0.05) is 18.5 Å². The van der Waals surface area contributed by atoms with Crippen molar-refractivity contribution in [2.24, 2.45) is 11.7 Å². The van der Waals surface area contributed by atoms with E-state index >= 15 is 0 Å². The van der Waals surface area contributed by atoms with Crippen molar-refractivity contribution in [3.63, 3.8) is 0 Å². The Balaban J connectivity index is 2.00. The number of aliphatic carboxylic acids is 1. The van der Waals surface area contributed by atoms with Crippen LogP contribution in [0.4, 0.5) is 0 Å². The van der Waals surface area contributed by atoms with Gasteiger partial charge in [-0.05, 0) is 43.1 Å². The molecule has 1 aliphatic heterocycles. The molecule has 1 saturated heterocycles. The van der Waals surface area contributed by atoms with Gasteiger partial charge in [0.1, 0.15) is 0 Å². The molecule has 1 amide bonds. The van der Waals surface area contributed by atoms with E-state index in [9.17, 15) is 9.59 Å². The highest BCUT2D eigenvalue weighted by atomic mass is 16.4. The number of carbonyl (C=O) groups is 2. The van der Waals surface area contributed by atoms with Gasteiger partial charge in [-0.2, -0.15) is 0 Å².